The molecular formula is C24H24N2S4. The first-order valence-electron chi connectivity index (χ1n) is 10.4. The van der Waals surface area contributed by atoms with E-state index >= 15 is 0 Å². The van der Waals surface area contributed by atoms with E-state index < -0.39 is 0 Å². The number of thiazole rings is 2. The molecule has 0 atom stereocenters. The monoisotopic (exact) mass is 468 g/mol. The molecule has 0 radical (unpaired) electrons. The summed E-state index contributed by atoms with van der Waals surface area (Å²) in [5, 5.41) is 6.85. The number of aryl methyl sites for hydroxylation is 2. The van der Waals surface area contributed by atoms with Crippen molar-refractivity contribution in [2.24, 2.45) is 0 Å². The van der Waals surface area contributed by atoms with Gasteiger partial charge in [0, 0.05) is 0 Å². The van der Waals surface area contributed by atoms with E-state index in [0.717, 1.165) is 33.9 Å². The molecule has 1 aromatic carbocycles. The van der Waals surface area contributed by atoms with Gasteiger partial charge in [0.2, 0.25) is 0 Å². The van der Waals surface area contributed by atoms with Crippen LogP contribution in [0.2, 0.25) is 0 Å². The average molecular weight is 469 g/mol. The molecular weight excluding hydrogens is 445 g/mol. The molecule has 4 aromatic heterocycles. The first-order chi connectivity index (χ1) is 14.6. The first kappa shape index (κ1) is 20.3. The summed E-state index contributed by atoms with van der Waals surface area (Å²) in [6.45, 7) is 8.92. The minimum Gasteiger partial charge on any atom is -0.235 e. The van der Waals surface area contributed by atoms with Crippen LogP contribution in [0.5, 0.6) is 0 Å². The Hall–Kier alpha value is -1.60. The smallest absolute Gasteiger partial charge is 0.134 e. The van der Waals surface area contributed by atoms with Crippen LogP contribution in [-0.4, -0.2) is 9.97 Å². The second-order valence-electron chi connectivity index (χ2n) is 7.74. The highest BCUT2D eigenvalue weighted by Crippen LogP contribution is 2.42. The van der Waals surface area contributed by atoms with Crippen molar-refractivity contribution < 1.29 is 0 Å². The van der Waals surface area contributed by atoms with E-state index in [-0.39, 0.29) is 0 Å². The Labute approximate surface area is 193 Å². The highest BCUT2D eigenvalue weighted by Gasteiger charge is 2.18. The van der Waals surface area contributed by atoms with E-state index in [1.165, 1.54) is 54.2 Å². The summed E-state index contributed by atoms with van der Waals surface area (Å²) in [6, 6.07) is 4.48. The topological polar surface area (TPSA) is 25.8 Å². The van der Waals surface area contributed by atoms with Crippen molar-refractivity contribution in [2.75, 3.05) is 0 Å². The van der Waals surface area contributed by atoms with Gasteiger partial charge in [0.05, 0.1) is 30.2 Å². The van der Waals surface area contributed by atoms with Crippen LogP contribution in [0.3, 0.4) is 0 Å². The summed E-state index contributed by atoms with van der Waals surface area (Å²) >= 11 is 7.27. The van der Waals surface area contributed by atoms with E-state index in [4.69, 9.17) is 9.97 Å². The van der Waals surface area contributed by atoms with Crippen molar-refractivity contribution in [1.29, 1.82) is 0 Å². The van der Waals surface area contributed by atoms with Crippen LogP contribution in [0.15, 0.2) is 22.9 Å². The molecule has 154 valence electrons. The number of nitrogens with zero attached hydrogens (tertiary/aromatic N) is 2. The zero-order valence-corrected chi connectivity index (χ0v) is 20.9. The van der Waals surface area contributed by atoms with Crippen molar-refractivity contribution in [3.63, 3.8) is 0 Å². The van der Waals surface area contributed by atoms with Crippen molar-refractivity contribution >= 4 is 65.8 Å². The van der Waals surface area contributed by atoms with E-state index in [2.05, 4.69) is 50.6 Å². The van der Waals surface area contributed by atoms with Crippen LogP contribution in [0.25, 0.3) is 40.2 Å². The molecule has 0 bridgehead atoms. The number of thiophene rings is 2. The molecule has 5 rings (SSSR count). The quantitative estimate of drug-likeness (QED) is 0.249. The molecule has 5 aromatic rings. The molecule has 0 fully saturated rings. The Balaban J connectivity index is 1.57. The normalized spacial score (nSPS) is 11.9. The number of rotatable bonds is 6. The third-order valence-corrected chi connectivity index (χ3v) is 10.3. The molecule has 0 amide bonds. The minimum atomic E-state index is 1.06. The van der Waals surface area contributed by atoms with E-state index in [1.807, 2.05) is 34.0 Å². The van der Waals surface area contributed by atoms with E-state index in [1.54, 1.807) is 11.3 Å². The van der Waals surface area contributed by atoms with Gasteiger partial charge in [-0.15, -0.1) is 45.3 Å². The third-order valence-electron chi connectivity index (χ3n) is 5.63. The number of aromatic nitrogens is 2. The van der Waals surface area contributed by atoms with Crippen LogP contribution < -0.4 is 0 Å². The van der Waals surface area contributed by atoms with Crippen LogP contribution in [0.4, 0.5) is 0 Å². The highest BCUT2D eigenvalue weighted by molar-refractivity contribution is 7.26. The minimum absolute atomic E-state index is 1.06. The Morgan fingerprint density at radius 1 is 0.767 bits per heavy atom. The Morgan fingerprint density at radius 3 is 1.83 bits per heavy atom. The molecule has 30 heavy (non-hydrogen) atoms. The van der Waals surface area contributed by atoms with Gasteiger partial charge in [0.25, 0.3) is 0 Å². The Bertz CT molecular complexity index is 1300. The fraction of sp³-hybridized carbons (Fsp3) is 0.333. The molecule has 0 aliphatic heterocycles. The van der Waals surface area contributed by atoms with Crippen LogP contribution in [-0.2, 0) is 12.8 Å². The van der Waals surface area contributed by atoms with Gasteiger partial charge in [-0.3, -0.25) is 0 Å². The summed E-state index contributed by atoms with van der Waals surface area (Å²) in [5.41, 5.74) is 7.92. The molecule has 0 saturated carbocycles. The first-order valence-corrected chi connectivity index (χ1v) is 13.8. The maximum absolute atomic E-state index is 5.05. The lowest BCUT2D eigenvalue weighted by atomic mass is 10.1. The fourth-order valence-electron chi connectivity index (χ4n) is 3.94. The molecule has 4 heterocycles. The number of benzene rings is 1. The zero-order valence-electron chi connectivity index (χ0n) is 17.7. The molecule has 2 nitrogen and oxygen atoms in total. The summed E-state index contributed by atoms with van der Waals surface area (Å²) in [6.07, 6.45) is 4.67. The Morgan fingerprint density at radius 2 is 1.30 bits per heavy atom. The lowest BCUT2D eigenvalue weighted by Gasteiger charge is -2.02. The maximum Gasteiger partial charge on any atom is 0.134 e. The van der Waals surface area contributed by atoms with Gasteiger partial charge in [0.1, 0.15) is 10.0 Å². The van der Waals surface area contributed by atoms with E-state index in [9.17, 15) is 0 Å². The largest absolute Gasteiger partial charge is 0.235 e. The van der Waals surface area contributed by atoms with Crippen molar-refractivity contribution in [3.8, 4) is 19.8 Å². The van der Waals surface area contributed by atoms with Gasteiger partial charge in [-0.1, -0.05) is 20.3 Å². The number of unbranched alkanes of at least 4 members (excludes halogenated alkanes) is 1. The summed E-state index contributed by atoms with van der Waals surface area (Å²) in [7, 11) is 0. The molecule has 0 spiro atoms. The summed E-state index contributed by atoms with van der Waals surface area (Å²) in [5.74, 6) is 0. The molecule has 0 aliphatic rings. The summed E-state index contributed by atoms with van der Waals surface area (Å²) in [4.78, 5) is 12.8. The van der Waals surface area contributed by atoms with Crippen LogP contribution >= 0.6 is 45.3 Å². The standard InChI is InChI=1S/C24H24N2S4/c1-5-7-8-16-14(4)12-28-22(16)24-26-18-10-19-17(9-20(18)30-24)25-23(29-19)21-15(6-2)13(3)11-27-21/h9-12H,5-8H2,1-4H3. The number of hydrogen-bond acceptors (Lipinski definition) is 6. The second kappa shape index (κ2) is 8.15. The lowest BCUT2D eigenvalue weighted by molar-refractivity contribution is 0.794. The van der Waals surface area contributed by atoms with Gasteiger partial charge >= 0.3 is 0 Å². The van der Waals surface area contributed by atoms with Crippen molar-refractivity contribution in [1.82, 2.24) is 9.97 Å². The van der Waals surface area contributed by atoms with E-state index in [0.29, 0.717) is 0 Å². The van der Waals surface area contributed by atoms with Gasteiger partial charge in [0.15, 0.2) is 0 Å². The average Bonchev–Trinajstić information content (AvgIpc) is 3.48. The maximum atomic E-state index is 5.05. The number of hydrogen-bond donors (Lipinski definition) is 0. The van der Waals surface area contributed by atoms with Crippen LogP contribution in [0.1, 0.15) is 48.9 Å². The SMILES string of the molecule is CCCCc1c(C)csc1-c1nc2cc3sc(-c4scc(C)c4CC)nc3cc2s1. The predicted molar refractivity (Wildman–Crippen MR) is 137 cm³/mol. The molecule has 6 heteroatoms. The van der Waals surface area contributed by atoms with Crippen molar-refractivity contribution in [3.05, 3.63) is 45.1 Å². The molecule has 0 saturated heterocycles. The highest BCUT2D eigenvalue weighted by atomic mass is 32.1. The van der Waals surface area contributed by atoms with Gasteiger partial charge < -0.3 is 0 Å². The second-order valence-corrected chi connectivity index (χ2v) is 11.6. The molecule has 0 unspecified atom stereocenters. The fourth-order valence-corrected chi connectivity index (χ4v) is 8.40. The number of fused-ring (bicyclic) bond motifs is 2. The lowest BCUT2D eigenvalue weighted by Crippen LogP contribution is -1.87. The third kappa shape index (κ3) is 3.44. The molecule has 0 aliphatic carbocycles. The van der Waals surface area contributed by atoms with Gasteiger partial charge in [-0.05, 0) is 78.3 Å². The Kier molecular flexibility index (Phi) is 5.52. The van der Waals surface area contributed by atoms with Gasteiger partial charge in [-0.25, -0.2) is 9.97 Å². The van der Waals surface area contributed by atoms with Crippen molar-refractivity contribution in [2.45, 2.75) is 53.4 Å². The predicted octanol–water partition coefficient (Wildman–Crippen LogP) is 8.88. The van der Waals surface area contributed by atoms with Crippen LogP contribution in [0, 0.1) is 13.8 Å². The zero-order chi connectivity index (χ0) is 20.8. The molecule has 0 N–H and O–H groups in total. The van der Waals surface area contributed by atoms with Gasteiger partial charge in [-0.2, -0.15) is 0 Å². The summed E-state index contributed by atoms with van der Waals surface area (Å²) < 4.78 is 2.47.